The van der Waals surface area contributed by atoms with Gasteiger partial charge in [-0.05, 0) is 50.5 Å². The first-order chi connectivity index (χ1) is 20.1. The number of esters is 1. The average Bonchev–Trinajstić information content (AvgIpc) is 3.61. The molecule has 3 aromatic rings. The zero-order chi connectivity index (χ0) is 30.8. The molecule has 3 rings (SSSR count). The fourth-order valence-corrected chi connectivity index (χ4v) is 3.65. The summed E-state index contributed by atoms with van der Waals surface area (Å²) in [4.78, 5) is 61.7. The first-order valence-corrected chi connectivity index (χ1v) is 12.9. The van der Waals surface area contributed by atoms with Gasteiger partial charge in [0.2, 0.25) is 6.79 Å². The van der Waals surface area contributed by atoms with Crippen LogP contribution in [0.3, 0.4) is 0 Å². The summed E-state index contributed by atoms with van der Waals surface area (Å²) in [7, 11) is 0. The van der Waals surface area contributed by atoms with Gasteiger partial charge in [0, 0.05) is 24.4 Å². The molecule has 15 nitrogen and oxygen atoms in total. The predicted molar refractivity (Wildman–Crippen MR) is 151 cm³/mol. The highest BCUT2D eigenvalue weighted by Gasteiger charge is 2.28. The third kappa shape index (κ3) is 7.66. The number of nitrogens with two attached hydrogens (primary N) is 2. The van der Waals surface area contributed by atoms with Gasteiger partial charge < -0.3 is 35.8 Å². The lowest BCUT2D eigenvalue weighted by atomic mass is 10.1. The highest BCUT2D eigenvalue weighted by Crippen LogP contribution is 2.23. The highest BCUT2D eigenvalue weighted by molar-refractivity contribution is 6.07. The van der Waals surface area contributed by atoms with Gasteiger partial charge in [-0.15, -0.1) is 4.99 Å². The number of anilines is 1. The van der Waals surface area contributed by atoms with Gasteiger partial charge in [-0.3, -0.25) is 14.4 Å². The molecule has 0 aliphatic rings. The Morgan fingerprint density at radius 2 is 2.00 bits per heavy atom. The van der Waals surface area contributed by atoms with Crippen molar-refractivity contribution in [2.75, 3.05) is 18.7 Å². The molecule has 1 aromatic carbocycles. The molecule has 0 spiro atoms. The number of amidine groups is 1. The molecule has 15 heteroatoms. The Morgan fingerprint density at radius 1 is 1.24 bits per heavy atom. The van der Waals surface area contributed by atoms with E-state index >= 15 is 0 Å². The van der Waals surface area contributed by atoms with Crippen LogP contribution in [0.1, 0.15) is 57.8 Å². The molecule has 42 heavy (non-hydrogen) atoms. The van der Waals surface area contributed by atoms with Crippen LogP contribution >= 0.6 is 0 Å². The largest absolute Gasteiger partial charge is 0.427 e. The molecule has 7 N–H and O–H groups in total. The van der Waals surface area contributed by atoms with Crippen molar-refractivity contribution in [2.24, 2.45) is 16.5 Å². The minimum Gasteiger partial charge on any atom is -0.427 e. The predicted octanol–water partition coefficient (Wildman–Crippen LogP) is 0.854. The van der Waals surface area contributed by atoms with Crippen LogP contribution in [0.15, 0.2) is 46.2 Å². The Kier molecular flexibility index (Phi) is 10.7. The molecule has 222 valence electrons. The number of ether oxygens (including phenoxy) is 2. The minimum absolute atomic E-state index is 0.0526. The number of benzene rings is 1. The first kappa shape index (κ1) is 31.2. The number of hydrogen-bond donors (Lipinski definition) is 5. The number of imide groups is 1. The number of hydrogen-bond acceptors (Lipinski definition) is 10. The van der Waals surface area contributed by atoms with Gasteiger partial charge >= 0.3 is 12.1 Å². The van der Waals surface area contributed by atoms with E-state index in [0.29, 0.717) is 28.9 Å². The lowest BCUT2D eigenvalue weighted by Crippen LogP contribution is -2.75. The molecule has 0 fully saturated rings. The molecule has 0 radical (unpaired) electrons. The van der Waals surface area contributed by atoms with Gasteiger partial charge in [0.05, 0.1) is 5.56 Å². The summed E-state index contributed by atoms with van der Waals surface area (Å²) in [6.07, 6.45) is 3.40. The topological polar surface area (TPSA) is 222 Å². The smallest absolute Gasteiger partial charge is 0.419 e. The van der Waals surface area contributed by atoms with Crippen molar-refractivity contribution < 1.29 is 38.2 Å². The van der Waals surface area contributed by atoms with Gasteiger partial charge in [0.1, 0.15) is 23.7 Å². The van der Waals surface area contributed by atoms with Crippen LogP contribution in [0, 0.1) is 13.8 Å². The highest BCUT2D eigenvalue weighted by atomic mass is 16.7. The van der Waals surface area contributed by atoms with Crippen molar-refractivity contribution in [1.29, 1.82) is 0 Å². The van der Waals surface area contributed by atoms with Crippen molar-refractivity contribution in [1.82, 2.24) is 15.0 Å². The Labute approximate surface area is 240 Å². The molecule has 0 aliphatic heterocycles. The van der Waals surface area contributed by atoms with Crippen LogP contribution in [0.4, 0.5) is 16.3 Å². The zero-order valence-corrected chi connectivity index (χ0v) is 23.6. The third-order valence-corrected chi connectivity index (χ3v) is 5.88. The molecule has 0 aliphatic carbocycles. The Morgan fingerprint density at radius 3 is 2.64 bits per heavy atom. The van der Waals surface area contributed by atoms with Crippen LogP contribution in [0.2, 0.25) is 0 Å². The monoisotopic (exact) mass is 581 g/mol. The number of carbonyl (C=O) groups excluding carboxylic acids is 4. The number of carbonyl (C=O) groups is 4. The molecule has 1 unspecified atom stereocenters. The van der Waals surface area contributed by atoms with E-state index in [1.165, 1.54) is 31.8 Å². The number of aromatic amines is 1. The van der Waals surface area contributed by atoms with Crippen molar-refractivity contribution in [3.8, 4) is 0 Å². The van der Waals surface area contributed by atoms with Crippen LogP contribution in [-0.4, -0.2) is 70.5 Å². The Bertz CT molecular complexity index is 1490. The molecule has 3 amide bonds. The van der Waals surface area contributed by atoms with E-state index in [9.17, 15) is 19.2 Å². The van der Waals surface area contributed by atoms with Crippen molar-refractivity contribution in [2.45, 2.75) is 40.2 Å². The summed E-state index contributed by atoms with van der Waals surface area (Å²) in [5.41, 5.74) is 13.6. The van der Waals surface area contributed by atoms with E-state index in [4.69, 9.17) is 25.5 Å². The maximum absolute atomic E-state index is 13.4. The van der Waals surface area contributed by atoms with Gasteiger partial charge in [-0.2, -0.15) is 0 Å². The maximum Gasteiger partial charge on any atom is 0.419 e. The molecule has 2 heterocycles. The Balaban J connectivity index is 1.88. The summed E-state index contributed by atoms with van der Waals surface area (Å²) in [5, 5.41) is 6.29. The summed E-state index contributed by atoms with van der Waals surface area (Å²) in [6, 6.07) is 5.58. The van der Waals surface area contributed by atoms with Gasteiger partial charge in [-0.25, -0.2) is 14.7 Å². The maximum atomic E-state index is 13.4. The lowest BCUT2D eigenvalue weighted by Gasteiger charge is -2.19. The normalized spacial score (nSPS) is 12.2. The first-order valence-electron chi connectivity index (χ1n) is 12.9. The number of H-pyrrole nitrogens is 1. The van der Waals surface area contributed by atoms with E-state index < -0.39 is 36.7 Å². The average molecular weight is 582 g/mol. The lowest BCUT2D eigenvalue weighted by molar-refractivity contribution is -0.309. The van der Waals surface area contributed by atoms with Crippen LogP contribution < -0.4 is 21.8 Å². The van der Waals surface area contributed by atoms with Crippen LogP contribution in [0.25, 0.3) is 0 Å². The minimum atomic E-state index is -0.986. The van der Waals surface area contributed by atoms with E-state index in [1.807, 2.05) is 6.92 Å². The fourth-order valence-electron chi connectivity index (χ4n) is 3.65. The molecule has 1 atom stereocenters. The molecule has 0 saturated heterocycles. The van der Waals surface area contributed by atoms with Crippen LogP contribution in [-0.2, 0) is 14.3 Å². The number of rotatable bonds is 10. The number of nitrogens with one attached hydrogen (secondary N) is 3. The quantitative estimate of drug-likeness (QED) is 0.0982. The second kappa shape index (κ2) is 14.4. The van der Waals surface area contributed by atoms with Crippen molar-refractivity contribution >= 4 is 47.6 Å². The van der Waals surface area contributed by atoms with E-state index in [0.717, 1.165) is 10.5 Å². The molecular weight excluding hydrogens is 548 g/mol. The number of amides is 3. The SMILES string of the molecule is CCCN(C(=O)OCOC(=O)C(C)N)C(=O)c1c[nH]c(C(=Nc2cc(C(=O)Nc3ccon3)ccc2C)[NH+]=CN)c1C. The molecular formula is C27H33N8O7+. The second-order valence-corrected chi connectivity index (χ2v) is 9.05. The summed E-state index contributed by atoms with van der Waals surface area (Å²) >= 11 is 0. The molecule has 0 saturated carbocycles. The van der Waals surface area contributed by atoms with E-state index in [-0.39, 0.29) is 23.8 Å². The van der Waals surface area contributed by atoms with Crippen molar-refractivity contribution in [3.63, 3.8) is 0 Å². The summed E-state index contributed by atoms with van der Waals surface area (Å²) in [5.74, 6) is -1.30. The van der Waals surface area contributed by atoms with Crippen LogP contribution in [0.5, 0.6) is 0 Å². The Hall–Kier alpha value is -5.31. The fraction of sp³-hybridized carbons (Fsp3) is 0.296. The van der Waals surface area contributed by atoms with E-state index in [2.05, 4.69) is 25.4 Å². The molecule has 2 aromatic heterocycles. The summed E-state index contributed by atoms with van der Waals surface area (Å²) in [6.45, 7) is 6.06. The molecule has 0 bridgehead atoms. The third-order valence-electron chi connectivity index (χ3n) is 5.88. The van der Waals surface area contributed by atoms with Gasteiger partial charge in [-0.1, -0.05) is 18.1 Å². The number of aliphatic imine (C=N–C) groups is 1. The second-order valence-electron chi connectivity index (χ2n) is 9.05. The van der Waals surface area contributed by atoms with E-state index in [1.54, 1.807) is 32.0 Å². The van der Waals surface area contributed by atoms with Gasteiger partial charge in [0.25, 0.3) is 17.6 Å². The summed E-state index contributed by atoms with van der Waals surface area (Å²) < 4.78 is 14.5. The van der Waals surface area contributed by atoms with Gasteiger partial charge in [0.15, 0.2) is 12.2 Å². The zero-order valence-electron chi connectivity index (χ0n) is 23.6. The number of nitrogens with zero attached hydrogens (tertiary/aromatic N) is 3. The van der Waals surface area contributed by atoms with Crippen molar-refractivity contribution in [3.05, 3.63) is 64.7 Å². The standard InChI is InChI=1S/C27H32N8O7/c1-5-9-35(27(39)41-14-40-26(38)17(4)29)25(37)19-12-30-22(16(19)3)23(31-13-28)32-20-11-18(7-6-15(20)2)24(36)33-21-8-10-42-34-21/h6-8,10-13,17,30H,5,9,14,29H2,1-4H3,(H2,28,31,32)(H,33,34,36)/p+1. The number of aromatic nitrogens is 2. The number of aryl methyl sites for hydroxylation is 1.